The number of ether oxygens (including phenoxy) is 1. The van der Waals surface area contributed by atoms with Crippen molar-refractivity contribution in [2.75, 3.05) is 6.61 Å². The highest BCUT2D eigenvalue weighted by Gasteiger charge is 2.03. The zero-order valence-electron chi connectivity index (χ0n) is 11.2. The van der Waals surface area contributed by atoms with E-state index in [4.69, 9.17) is 16.3 Å². The Labute approximate surface area is 126 Å². The molecule has 0 unspecified atom stereocenters. The highest BCUT2D eigenvalue weighted by molar-refractivity contribution is 6.30. The summed E-state index contributed by atoms with van der Waals surface area (Å²) in [6.07, 6.45) is 1.55. The number of hydrogen-bond acceptors (Lipinski definition) is 3. The van der Waals surface area contributed by atoms with Crippen molar-refractivity contribution in [3.05, 3.63) is 70.2 Å². The second-order valence-corrected chi connectivity index (χ2v) is 5.00. The molecule has 0 saturated carbocycles. The van der Waals surface area contributed by atoms with Crippen LogP contribution in [0.1, 0.15) is 0 Å². The molecule has 3 rings (SSSR count). The van der Waals surface area contributed by atoms with Crippen LogP contribution in [-0.2, 0) is 6.54 Å². The van der Waals surface area contributed by atoms with Crippen molar-refractivity contribution in [1.29, 1.82) is 0 Å². The van der Waals surface area contributed by atoms with E-state index in [9.17, 15) is 4.79 Å². The molecule has 0 atom stereocenters. The minimum absolute atomic E-state index is 0.0553. The third kappa shape index (κ3) is 3.06. The van der Waals surface area contributed by atoms with Gasteiger partial charge in [0.15, 0.2) is 0 Å². The molecule has 3 aromatic rings. The molecule has 0 N–H and O–H groups in total. The third-order valence-electron chi connectivity index (χ3n) is 3.15. The van der Waals surface area contributed by atoms with Gasteiger partial charge in [-0.15, -0.1) is 0 Å². The van der Waals surface area contributed by atoms with Crippen molar-refractivity contribution < 1.29 is 4.74 Å². The number of aromatic nitrogens is 2. The number of fused-ring (bicyclic) bond motifs is 1. The largest absolute Gasteiger partial charge is 0.492 e. The van der Waals surface area contributed by atoms with Gasteiger partial charge in [-0.2, -0.15) is 0 Å². The summed E-state index contributed by atoms with van der Waals surface area (Å²) in [5.41, 5.74) is 0.651. The minimum Gasteiger partial charge on any atom is -0.492 e. The van der Waals surface area contributed by atoms with Crippen LogP contribution in [0.4, 0.5) is 0 Å². The lowest BCUT2D eigenvalue weighted by Crippen LogP contribution is -2.23. The smallest absolute Gasteiger partial charge is 0.261 e. The Balaban J connectivity index is 1.72. The Morgan fingerprint density at radius 1 is 1.10 bits per heavy atom. The first-order chi connectivity index (χ1) is 10.2. The molecule has 0 aliphatic heterocycles. The second-order valence-electron chi connectivity index (χ2n) is 4.56. The van der Waals surface area contributed by atoms with Crippen molar-refractivity contribution >= 4 is 22.5 Å². The van der Waals surface area contributed by atoms with Crippen molar-refractivity contribution in [2.24, 2.45) is 0 Å². The van der Waals surface area contributed by atoms with Gasteiger partial charge in [0, 0.05) is 5.02 Å². The topological polar surface area (TPSA) is 44.1 Å². The Morgan fingerprint density at radius 3 is 2.67 bits per heavy atom. The van der Waals surface area contributed by atoms with Crippen LogP contribution < -0.4 is 10.3 Å². The molecule has 0 saturated heterocycles. The Kier molecular flexibility index (Phi) is 3.88. The van der Waals surface area contributed by atoms with Crippen LogP contribution in [0.3, 0.4) is 0 Å². The standard InChI is InChI=1S/C16H13ClN2O2/c17-12-5-7-13(8-6-12)21-10-9-19-11-18-15-4-2-1-3-14(15)16(19)20/h1-8,11H,9-10H2. The summed E-state index contributed by atoms with van der Waals surface area (Å²) in [7, 11) is 0. The summed E-state index contributed by atoms with van der Waals surface area (Å²) in [4.78, 5) is 16.5. The van der Waals surface area contributed by atoms with Gasteiger partial charge in [-0.05, 0) is 36.4 Å². The van der Waals surface area contributed by atoms with Gasteiger partial charge >= 0.3 is 0 Å². The van der Waals surface area contributed by atoms with Crippen molar-refractivity contribution in [1.82, 2.24) is 9.55 Å². The minimum atomic E-state index is -0.0553. The van der Waals surface area contributed by atoms with Crippen molar-refractivity contribution in [2.45, 2.75) is 6.54 Å². The fourth-order valence-corrected chi connectivity index (χ4v) is 2.18. The molecule has 0 spiro atoms. The summed E-state index contributed by atoms with van der Waals surface area (Å²) in [6.45, 7) is 0.834. The van der Waals surface area contributed by atoms with Crippen LogP contribution in [0.2, 0.25) is 5.02 Å². The lowest BCUT2D eigenvalue weighted by atomic mass is 10.2. The predicted molar refractivity (Wildman–Crippen MR) is 83.0 cm³/mol. The van der Waals surface area contributed by atoms with E-state index in [0.29, 0.717) is 29.1 Å². The van der Waals surface area contributed by atoms with Gasteiger partial charge in [0.25, 0.3) is 5.56 Å². The molecule has 0 radical (unpaired) electrons. The molecule has 0 aliphatic carbocycles. The lowest BCUT2D eigenvalue weighted by molar-refractivity contribution is 0.296. The highest BCUT2D eigenvalue weighted by atomic mass is 35.5. The maximum atomic E-state index is 12.3. The molecular weight excluding hydrogens is 288 g/mol. The van der Waals surface area contributed by atoms with E-state index in [1.807, 2.05) is 18.2 Å². The number of benzene rings is 2. The highest BCUT2D eigenvalue weighted by Crippen LogP contribution is 2.15. The number of nitrogens with zero attached hydrogens (tertiary/aromatic N) is 2. The molecular formula is C16H13ClN2O2. The molecule has 106 valence electrons. The van der Waals surface area contributed by atoms with Gasteiger partial charge in [0.2, 0.25) is 0 Å². The predicted octanol–water partition coefficient (Wildman–Crippen LogP) is 3.13. The first-order valence-corrected chi connectivity index (χ1v) is 6.94. The second kappa shape index (κ2) is 5.97. The molecule has 5 heteroatoms. The number of hydrogen-bond donors (Lipinski definition) is 0. The monoisotopic (exact) mass is 300 g/mol. The number of halogens is 1. The zero-order valence-corrected chi connectivity index (χ0v) is 12.0. The van der Waals surface area contributed by atoms with Gasteiger partial charge in [0.05, 0.1) is 23.8 Å². The molecule has 4 nitrogen and oxygen atoms in total. The van der Waals surface area contributed by atoms with Crippen LogP contribution >= 0.6 is 11.6 Å². The molecule has 21 heavy (non-hydrogen) atoms. The van der Waals surface area contributed by atoms with Crippen LogP contribution in [0.25, 0.3) is 10.9 Å². The maximum absolute atomic E-state index is 12.3. The van der Waals surface area contributed by atoms with Gasteiger partial charge in [-0.1, -0.05) is 23.7 Å². The van der Waals surface area contributed by atoms with Gasteiger partial charge in [0.1, 0.15) is 12.4 Å². The normalized spacial score (nSPS) is 10.7. The molecule has 0 aliphatic rings. The van der Waals surface area contributed by atoms with Gasteiger partial charge in [-0.3, -0.25) is 9.36 Å². The summed E-state index contributed by atoms with van der Waals surface area (Å²) in [5, 5.41) is 1.28. The van der Waals surface area contributed by atoms with E-state index in [2.05, 4.69) is 4.98 Å². The van der Waals surface area contributed by atoms with E-state index < -0.39 is 0 Å². The van der Waals surface area contributed by atoms with E-state index in [0.717, 1.165) is 5.75 Å². The number of rotatable bonds is 4. The van der Waals surface area contributed by atoms with E-state index in [1.165, 1.54) is 0 Å². The quantitative estimate of drug-likeness (QED) is 0.743. The van der Waals surface area contributed by atoms with Crippen LogP contribution in [0.15, 0.2) is 59.7 Å². The lowest BCUT2D eigenvalue weighted by Gasteiger charge is -2.08. The van der Waals surface area contributed by atoms with Crippen molar-refractivity contribution in [3.63, 3.8) is 0 Å². The Bertz CT molecular complexity index is 812. The number of para-hydroxylation sites is 1. The summed E-state index contributed by atoms with van der Waals surface area (Å²) < 4.78 is 7.14. The first-order valence-electron chi connectivity index (χ1n) is 6.56. The van der Waals surface area contributed by atoms with E-state index >= 15 is 0 Å². The van der Waals surface area contributed by atoms with Crippen LogP contribution in [0.5, 0.6) is 5.75 Å². The van der Waals surface area contributed by atoms with Gasteiger partial charge in [-0.25, -0.2) is 4.98 Å². The van der Waals surface area contributed by atoms with E-state index in [1.54, 1.807) is 41.2 Å². The van der Waals surface area contributed by atoms with Crippen LogP contribution in [0, 0.1) is 0 Å². The fourth-order valence-electron chi connectivity index (χ4n) is 2.06. The molecule has 0 amide bonds. The zero-order chi connectivity index (χ0) is 14.7. The van der Waals surface area contributed by atoms with Gasteiger partial charge < -0.3 is 4.74 Å². The maximum Gasteiger partial charge on any atom is 0.261 e. The molecule has 0 fully saturated rings. The fraction of sp³-hybridized carbons (Fsp3) is 0.125. The molecule has 0 bridgehead atoms. The molecule has 1 heterocycles. The summed E-state index contributed by atoms with van der Waals surface area (Å²) in [5.74, 6) is 0.723. The van der Waals surface area contributed by atoms with Crippen LogP contribution in [-0.4, -0.2) is 16.2 Å². The molecule has 1 aromatic heterocycles. The average molecular weight is 301 g/mol. The average Bonchev–Trinajstić information content (AvgIpc) is 2.52. The third-order valence-corrected chi connectivity index (χ3v) is 3.40. The summed E-state index contributed by atoms with van der Waals surface area (Å²) >= 11 is 5.81. The summed E-state index contributed by atoms with van der Waals surface area (Å²) in [6, 6.07) is 14.4. The SMILES string of the molecule is O=c1c2ccccc2ncn1CCOc1ccc(Cl)cc1. The Hall–Kier alpha value is -2.33. The molecule has 2 aromatic carbocycles. The first kappa shape index (κ1) is 13.6. The van der Waals surface area contributed by atoms with E-state index in [-0.39, 0.29) is 5.56 Å². The Morgan fingerprint density at radius 2 is 1.86 bits per heavy atom. The van der Waals surface area contributed by atoms with Crippen molar-refractivity contribution in [3.8, 4) is 5.75 Å².